The molecule has 1 amide bonds. The first-order valence-corrected chi connectivity index (χ1v) is 29.3. The minimum absolute atomic E-state index is 0.0425. The van der Waals surface area contributed by atoms with Crippen LogP contribution >= 0.6 is 23.5 Å². The summed E-state index contributed by atoms with van der Waals surface area (Å²) < 4.78 is 92.1. The Morgan fingerprint density at radius 3 is 2.31 bits per heavy atom. The van der Waals surface area contributed by atoms with Crippen LogP contribution in [0.1, 0.15) is 70.9 Å². The number of H-pyrrole nitrogens is 1. The number of benzene rings is 1. The molecule has 5 aromatic rings. The Kier molecular flexibility index (Phi) is 19.9. The molecule has 408 valence electrons. The lowest BCUT2D eigenvalue weighted by molar-refractivity contribution is -0.696. The number of aryl methyl sites for hydroxylation is 1. The Bertz CT molecular complexity index is 3140. The molecule has 0 saturated carbocycles. The van der Waals surface area contributed by atoms with E-state index in [0.29, 0.717) is 68.4 Å². The molecule has 0 aliphatic carbocycles. The number of hydrogen-bond donors (Lipinski definition) is 11. The number of nitrogen functional groups attached to an aromatic ring is 1. The summed E-state index contributed by atoms with van der Waals surface area (Å²) >= 11 is 0. The highest BCUT2D eigenvalue weighted by Gasteiger charge is 2.48. The molecule has 1 aromatic carbocycles. The second kappa shape index (κ2) is 25.2. The van der Waals surface area contributed by atoms with Crippen molar-refractivity contribution >= 4 is 79.2 Å². The maximum absolute atomic E-state index is 13.0. The Balaban J connectivity index is 0.897. The van der Waals surface area contributed by atoms with E-state index in [9.17, 15) is 56.5 Å². The maximum Gasteiger partial charge on any atom is 0.490 e. The molecule has 1 aliphatic heterocycles. The molecule has 33 heteroatoms. The first-order chi connectivity index (χ1) is 34.8. The zero-order valence-electron chi connectivity index (χ0n) is 39.7. The van der Waals surface area contributed by atoms with E-state index in [4.69, 9.17) is 29.2 Å². The molecule has 6 atom stereocenters. The number of phosphoric acid groups is 3. The van der Waals surface area contributed by atoms with E-state index < -0.39 is 75.9 Å². The van der Waals surface area contributed by atoms with Gasteiger partial charge in [0.25, 0.3) is 15.7 Å². The quantitative estimate of drug-likeness (QED) is 0.0107. The van der Waals surface area contributed by atoms with Gasteiger partial charge in [0.15, 0.2) is 29.8 Å². The van der Waals surface area contributed by atoms with Crippen LogP contribution in [-0.4, -0.2) is 125 Å². The monoisotopic (exact) mass is 1120 g/mol. The normalized spacial score (nSPS) is 18.9. The van der Waals surface area contributed by atoms with E-state index in [1.165, 1.54) is 0 Å². The average molecular weight is 1120 g/mol. The minimum Gasteiger partial charge on any atom is -0.422 e. The molecule has 2 unspecified atom stereocenters. The van der Waals surface area contributed by atoms with Crippen LogP contribution in [0, 0.1) is 0 Å². The number of imidazole rings is 1. The van der Waals surface area contributed by atoms with Crippen molar-refractivity contribution in [3.8, 4) is 11.1 Å². The fraction of sp³-hybridized carbons (Fsp3) is 0.512. The molecule has 4 aromatic heterocycles. The zero-order chi connectivity index (χ0) is 54.0. The minimum atomic E-state index is -5.84. The van der Waals surface area contributed by atoms with Crippen LogP contribution in [0.5, 0.6) is 0 Å². The fourth-order valence-electron chi connectivity index (χ4n) is 7.99. The predicted octanol–water partition coefficient (Wildman–Crippen LogP) is 2.18. The van der Waals surface area contributed by atoms with Gasteiger partial charge < -0.3 is 60.2 Å². The number of nitrogens with zero attached hydrogens (tertiary/aromatic N) is 5. The summed E-state index contributed by atoms with van der Waals surface area (Å²) in [4.78, 5) is 87.9. The van der Waals surface area contributed by atoms with E-state index in [2.05, 4.69) is 43.6 Å². The van der Waals surface area contributed by atoms with Gasteiger partial charge in [0.2, 0.25) is 17.8 Å². The highest BCUT2D eigenvalue weighted by Crippen LogP contribution is 2.66. The van der Waals surface area contributed by atoms with Crippen LogP contribution in [0.4, 0.5) is 17.6 Å². The predicted molar refractivity (Wildman–Crippen MR) is 264 cm³/mol. The van der Waals surface area contributed by atoms with Gasteiger partial charge in [0.05, 0.1) is 17.9 Å². The van der Waals surface area contributed by atoms with Gasteiger partial charge in [-0.05, 0) is 50.8 Å². The van der Waals surface area contributed by atoms with Crippen molar-refractivity contribution in [3.63, 3.8) is 0 Å². The number of fused-ring (bicyclic) bond motifs is 2. The van der Waals surface area contributed by atoms with E-state index in [1.807, 2.05) is 25.1 Å². The summed E-state index contributed by atoms with van der Waals surface area (Å²) in [7, 11) is -21.1. The summed E-state index contributed by atoms with van der Waals surface area (Å²) in [5.74, 6) is -0.779. The van der Waals surface area contributed by atoms with Gasteiger partial charge in [0.1, 0.15) is 30.4 Å². The number of carbonyl (C=O) groups is 1. The molecular weight excluding hydrogens is 1060 g/mol. The number of unbranched alkanes of at least 4 members (excludes halogenated alkanes) is 5. The highest BCUT2D eigenvalue weighted by molar-refractivity contribution is 7.85. The van der Waals surface area contributed by atoms with Crippen molar-refractivity contribution in [2.24, 2.45) is 0 Å². The highest BCUT2D eigenvalue weighted by atomic mass is 32.2. The van der Waals surface area contributed by atoms with Crippen molar-refractivity contribution in [2.75, 3.05) is 54.5 Å². The number of aromatic nitrogens is 5. The number of aliphatic hydroxyl groups is 2. The lowest BCUT2D eigenvalue weighted by Crippen LogP contribution is -2.34. The number of rotatable bonds is 29. The fourth-order valence-corrected chi connectivity index (χ4v) is 11.5. The summed E-state index contributed by atoms with van der Waals surface area (Å²) in [6, 6.07) is 11.0. The first kappa shape index (κ1) is 58.3. The molecule has 0 bridgehead atoms. The molecule has 12 N–H and O–H groups in total. The number of anilines is 3. The largest absolute Gasteiger partial charge is 0.490 e. The third-order valence-corrected chi connectivity index (χ3v) is 16.1. The molecule has 5 heterocycles. The molecule has 1 aliphatic rings. The smallest absolute Gasteiger partial charge is 0.422 e. The van der Waals surface area contributed by atoms with Gasteiger partial charge in [-0.25, -0.2) is 28.0 Å². The van der Waals surface area contributed by atoms with Crippen LogP contribution in [0.3, 0.4) is 0 Å². The van der Waals surface area contributed by atoms with Gasteiger partial charge in [-0.1, -0.05) is 19.3 Å². The standard InChI is InChI=1S/C41H58N9O20P3S/c1-2-49(28-13-12-27-23-29(39(55)68-30(27)24-28)26-14-20-48(21-15-26)18-10-22-74(63,64)65)19-9-5-6-11-32(51)43-16-7-3-4-8-17-44-41-45-33-36(46-40(42)47-37(33)54)50(41)38-35(53)34(52)31(67-38)25-66-72(59,60)70-73(61,62)69-71(56,57)58/h12-15,20-21,23-24,31,34-35,38,52-53H,2-11,16-19,22,25H2,1H3,(H9-,42,43,44,45,46,47,51,54,56,57,58,59,60,61,62,63,64,65)/p+1/t31-,34-,35-,38-/m1/s1. The van der Waals surface area contributed by atoms with Gasteiger partial charge in [-0.2, -0.15) is 22.0 Å². The first-order valence-electron chi connectivity index (χ1n) is 23.2. The van der Waals surface area contributed by atoms with Gasteiger partial charge >= 0.3 is 29.1 Å². The Hall–Kier alpha value is -5.00. The number of nitrogens with two attached hydrogens (primary N) is 1. The van der Waals surface area contributed by atoms with Crippen LogP contribution in [0.25, 0.3) is 33.3 Å². The van der Waals surface area contributed by atoms with E-state index >= 15 is 0 Å². The van der Waals surface area contributed by atoms with Gasteiger partial charge in [-0.3, -0.25) is 28.2 Å². The summed E-state index contributed by atoms with van der Waals surface area (Å²) in [6.45, 7) is 3.50. The SMILES string of the molecule is CCN(CCCCCC(=O)NCCCCCCNc1nc2c(=O)[nH]c(N)nc2n1[C@@H]1O[C@H](COP(=O)(O)OP(=O)(O)OP(=O)(O)O)[C@@H](O)[C@H]1O)c1ccc2cc(-c3cc[n+](CCCS(=O)(=O)O)cc3)c(=O)oc2c1. The Morgan fingerprint density at radius 1 is 0.919 bits per heavy atom. The number of carbonyl (C=O) groups excluding carboxylic acids is 1. The van der Waals surface area contributed by atoms with Crippen LogP contribution in [0.15, 0.2) is 62.8 Å². The number of hydrogen-bond acceptors (Lipinski definition) is 20. The maximum atomic E-state index is 13.0. The van der Waals surface area contributed by atoms with Crippen LogP contribution in [-0.2, 0) is 53.0 Å². The van der Waals surface area contributed by atoms with E-state index in [1.54, 1.807) is 35.2 Å². The summed E-state index contributed by atoms with van der Waals surface area (Å²) in [5, 5.41) is 28.4. The molecular formula is C41H59N9O20P3S+. The lowest BCUT2D eigenvalue weighted by atomic mass is 10.1. The van der Waals surface area contributed by atoms with Crippen LogP contribution in [0.2, 0.25) is 0 Å². The molecule has 74 heavy (non-hydrogen) atoms. The lowest BCUT2D eigenvalue weighted by Gasteiger charge is -2.23. The number of phosphoric ester groups is 1. The van der Waals surface area contributed by atoms with Crippen LogP contribution < -0.4 is 37.0 Å². The second-order valence-electron chi connectivity index (χ2n) is 17.1. The third-order valence-electron chi connectivity index (χ3n) is 11.5. The summed E-state index contributed by atoms with van der Waals surface area (Å²) in [5.41, 5.74) is 6.48. The molecule has 1 saturated heterocycles. The number of amides is 1. The van der Waals surface area contributed by atoms with Crippen molar-refractivity contribution in [3.05, 3.63) is 69.6 Å². The number of nitrogens with one attached hydrogen (secondary N) is 3. The van der Waals surface area contributed by atoms with Crippen molar-refractivity contribution in [2.45, 2.75) is 95.8 Å². The average Bonchev–Trinajstić information content (AvgIpc) is 3.80. The number of aromatic amines is 1. The van der Waals surface area contributed by atoms with Crippen molar-refractivity contribution < 1.29 is 88.1 Å². The number of pyridine rings is 1. The molecule has 29 nitrogen and oxygen atoms in total. The van der Waals surface area contributed by atoms with Crippen molar-refractivity contribution in [1.82, 2.24) is 24.8 Å². The molecule has 0 spiro atoms. The topological polar surface area (TPSA) is 432 Å². The van der Waals surface area contributed by atoms with Crippen molar-refractivity contribution in [1.29, 1.82) is 0 Å². The number of aliphatic hydroxyl groups excluding tert-OH is 2. The number of ether oxygens (including phenoxy) is 1. The van der Waals surface area contributed by atoms with Gasteiger partial charge in [-0.15, -0.1) is 0 Å². The summed E-state index contributed by atoms with van der Waals surface area (Å²) in [6.07, 6.45) is 2.23. The van der Waals surface area contributed by atoms with Gasteiger partial charge in [0, 0.05) is 73.9 Å². The second-order valence-corrected chi connectivity index (χ2v) is 23.1. The third kappa shape index (κ3) is 16.8. The Morgan fingerprint density at radius 2 is 1.62 bits per heavy atom. The van der Waals surface area contributed by atoms with E-state index in [0.717, 1.165) is 41.4 Å². The zero-order valence-corrected chi connectivity index (χ0v) is 43.2. The Labute approximate surface area is 421 Å². The molecule has 1 fully saturated rings. The molecule has 6 rings (SSSR count). The molecule has 0 radical (unpaired) electrons. The van der Waals surface area contributed by atoms with E-state index in [-0.39, 0.29) is 47.7 Å².